The summed E-state index contributed by atoms with van der Waals surface area (Å²) in [5.74, 6) is 1.17. The maximum Gasteiger partial charge on any atom is 0.0650 e. The van der Waals surface area contributed by atoms with Gasteiger partial charge in [-0.05, 0) is 25.7 Å². The highest BCUT2D eigenvalue weighted by atomic mass is 35.5. The van der Waals surface area contributed by atoms with Crippen LogP contribution >= 0.6 is 11.6 Å². The van der Waals surface area contributed by atoms with Gasteiger partial charge in [0.2, 0.25) is 0 Å². The molecule has 0 saturated carbocycles. The summed E-state index contributed by atoms with van der Waals surface area (Å²) in [4.78, 5) is 0. The first-order chi connectivity index (χ1) is 6.70. The van der Waals surface area contributed by atoms with Crippen molar-refractivity contribution in [2.24, 2.45) is 5.92 Å². The third-order valence-electron chi connectivity index (χ3n) is 2.17. The quantitative estimate of drug-likeness (QED) is 0.341. The molecule has 0 aromatic rings. The molecule has 0 fully saturated rings. The summed E-state index contributed by atoms with van der Waals surface area (Å²) in [7, 11) is 0. The fourth-order valence-corrected chi connectivity index (χ4v) is 1.12. The van der Waals surface area contributed by atoms with Crippen molar-refractivity contribution in [1.82, 2.24) is 0 Å². The van der Waals surface area contributed by atoms with Gasteiger partial charge in [0.25, 0.3) is 0 Å². The van der Waals surface area contributed by atoms with Gasteiger partial charge >= 0.3 is 0 Å². The molecule has 2 heteroatoms. The number of ether oxygens (including phenoxy) is 1. The zero-order valence-electron chi connectivity index (χ0n) is 9.26. The van der Waals surface area contributed by atoms with Crippen LogP contribution < -0.4 is 0 Å². The van der Waals surface area contributed by atoms with E-state index in [-0.39, 0.29) is 0 Å². The van der Waals surface area contributed by atoms with E-state index in [0.717, 1.165) is 6.42 Å². The van der Waals surface area contributed by atoms with Crippen LogP contribution in [-0.2, 0) is 4.74 Å². The van der Waals surface area contributed by atoms with E-state index >= 15 is 0 Å². The van der Waals surface area contributed by atoms with E-state index in [2.05, 4.69) is 26.5 Å². The molecule has 0 heterocycles. The zero-order chi connectivity index (χ0) is 10.8. The fraction of sp³-hybridized carbons (Fsp3) is 0.667. The van der Waals surface area contributed by atoms with Gasteiger partial charge in [-0.2, -0.15) is 0 Å². The Morgan fingerprint density at radius 2 is 2.29 bits per heavy atom. The number of halogens is 1. The highest BCUT2D eigenvalue weighted by Gasteiger charge is 1.96. The fourth-order valence-electron chi connectivity index (χ4n) is 1.01. The Hall–Kier alpha value is -0.270. The minimum atomic E-state index is 0.570. The van der Waals surface area contributed by atoms with Crippen molar-refractivity contribution >= 4 is 11.6 Å². The smallest absolute Gasteiger partial charge is 0.0650 e. The minimum absolute atomic E-state index is 0.570. The van der Waals surface area contributed by atoms with Crippen LogP contribution in [0.3, 0.4) is 0 Å². The first-order valence-electron chi connectivity index (χ1n) is 5.12. The Bertz CT molecular complexity index is 175. The summed E-state index contributed by atoms with van der Waals surface area (Å²) in [5.41, 5.74) is 1.38. The number of hydrogen-bond acceptors (Lipinski definition) is 1. The molecule has 0 aromatic heterocycles. The molecule has 1 nitrogen and oxygen atoms in total. The first-order valence-corrected chi connectivity index (χ1v) is 5.66. The molecular weight excluding hydrogens is 196 g/mol. The molecule has 0 bridgehead atoms. The second kappa shape index (κ2) is 9.29. The summed E-state index contributed by atoms with van der Waals surface area (Å²) in [6, 6.07) is 0. The number of allylic oxidation sites excluding steroid dienone is 2. The monoisotopic (exact) mass is 216 g/mol. The molecule has 0 aromatic carbocycles. The van der Waals surface area contributed by atoms with Crippen molar-refractivity contribution in [2.75, 3.05) is 19.1 Å². The van der Waals surface area contributed by atoms with Crippen LogP contribution in [-0.4, -0.2) is 19.1 Å². The number of rotatable bonds is 8. The molecule has 0 rings (SSSR count). The van der Waals surface area contributed by atoms with Crippen molar-refractivity contribution in [3.63, 3.8) is 0 Å². The highest BCUT2D eigenvalue weighted by molar-refractivity contribution is 6.17. The topological polar surface area (TPSA) is 9.23 Å². The van der Waals surface area contributed by atoms with E-state index in [0.29, 0.717) is 25.0 Å². The predicted molar refractivity (Wildman–Crippen MR) is 63.9 cm³/mol. The van der Waals surface area contributed by atoms with Gasteiger partial charge in [-0.1, -0.05) is 24.6 Å². The van der Waals surface area contributed by atoms with Gasteiger partial charge in [0, 0.05) is 5.88 Å². The average molecular weight is 217 g/mol. The molecule has 14 heavy (non-hydrogen) atoms. The lowest BCUT2D eigenvalue weighted by Crippen LogP contribution is -1.96. The molecule has 0 saturated heterocycles. The van der Waals surface area contributed by atoms with Gasteiger partial charge in [-0.3, -0.25) is 0 Å². The third-order valence-corrected chi connectivity index (χ3v) is 2.32. The Morgan fingerprint density at radius 3 is 2.86 bits per heavy atom. The van der Waals surface area contributed by atoms with Crippen LogP contribution in [0.1, 0.15) is 26.7 Å². The normalized spacial score (nSPS) is 14.1. The summed E-state index contributed by atoms with van der Waals surface area (Å²) in [5, 5.41) is 0. The minimum Gasteiger partial charge on any atom is -0.376 e. The van der Waals surface area contributed by atoms with Gasteiger partial charge < -0.3 is 4.74 Å². The molecule has 1 atom stereocenters. The Morgan fingerprint density at radius 1 is 1.57 bits per heavy atom. The lowest BCUT2D eigenvalue weighted by atomic mass is 10.0. The Balaban J connectivity index is 3.51. The van der Waals surface area contributed by atoms with Crippen molar-refractivity contribution in [1.29, 1.82) is 0 Å². The van der Waals surface area contributed by atoms with E-state index in [1.165, 1.54) is 12.0 Å². The largest absolute Gasteiger partial charge is 0.376 e. The van der Waals surface area contributed by atoms with Gasteiger partial charge in [-0.15, -0.1) is 18.2 Å². The van der Waals surface area contributed by atoms with E-state index in [4.69, 9.17) is 16.3 Å². The second-order valence-corrected chi connectivity index (χ2v) is 3.94. The molecule has 0 N–H and O–H groups in total. The van der Waals surface area contributed by atoms with Crippen molar-refractivity contribution in [2.45, 2.75) is 26.7 Å². The molecule has 0 radical (unpaired) electrons. The average Bonchev–Trinajstić information content (AvgIpc) is 2.21. The van der Waals surface area contributed by atoms with Crippen LogP contribution in [0.2, 0.25) is 0 Å². The lowest BCUT2D eigenvalue weighted by molar-refractivity contribution is 0.179. The van der Waals surface area contributed by atoms with Crippen molar-refractivity contribution in [3.05, 3.63) is 24.3 Å². The molecule has 0 aliphatic carbocycles. The molecule has 0 amide bonds. The van der Waals surface area contributed by atoms with E-state index < -0.39 is 0 Å². The summed E-state index contributed by atoms with van der Waals surface area (Å²) < 4.78 is 5.26. The lowest BCUT2D eigenvalue weighted by Gasteiger charge is -2.05. The maximum atomic E-state index is 5.48. The van der Waals surface area contributed by atoms with Crippen LogP contribution in [0, 0.1) is 5.92 Å². The van der Waals surface area contributed by atoms with Crippen molar-refractivity contribution < 1.29 is 4.74 Å². The van der Waals surface area contributed by atoms with E-state index in [1.807, 2.05) is 6.08 Å². The predicted octanol–water partition coefficient (Wildman–Crippen LogP) is 3.79. The van der Waals surface area contributed by atoms with Crippen LogP contribution in [0.25, 0.3) is 0 Å². The third kappa shape index (κ3) is 8.33. The molecule has 0 spiro atoms. The van der Waals surface area contributed by atoms with Gasteiger partial charge in [0.1, 0.15) is 0 Å². The van der Waals surface area contributed by atoms with Crippen LogP contribution in [0.4, 0.5) is 0 Å². The Labute approximate surface area is 92.8 Å². The SMILES string of the molecule is C=CC(C)CC/C(C)=C/COCCCl. The number of hydrogen-bond donors (Lipinski definition) is 0. The summed E-state index contributed by atoms with van der Waals surface area (Å²) in [6.45, 7) is 9.40. The molecular formula is C12H21ClO. The van der Waals surface area contributed by atoms with Gasteiger partial charge in [-0.25, -0.2) is 0 Å². The molecule has 0 aliphatic rings. The summed E-state index contributed by atoms with van der Waals surface area (Å²) in [6.07, 6.45) is 6.42. The molecule has 1 unspecified atom stereocenters. The second-order valence-electron chi connectivity index (χ2n) is 3.57. The molecule has 0 aliphatic heterocycles. The van der Waals surface area contributed by atoms with Crippen molar-refractivity contribution in [3.8, 4) is 0 Å². The van der Waals surface area contributed by atoms with Crippen LogP contribution in [0.15, 0.2) is 24.3 Å². The highest BCUT2D eigenvalue weighted by Crippen LogP contribution is 2.11. The first kappa shape index (κ1) is 13.7. The summed E-state index contributed by atoms with van der Waals surface area (Å²) >= 11 is 5.48. The zero-order valence-corrected chi connectivity index (χ0v) is 10.0. The van der Waals surface area contributed by atoms with E-state index in [1.54, 1.807) is 0 Å². The standard InChI is InChI=1S/C12H21ClO/c1-4-11(2)5-6-12(3)7-9-14-10-8-13/h4,7,11H,1,5-6,8-10H2,2-3H3/b12-7+. The van der Waals surface area contributed by atoms with Crippen LogP contribution in [0.5, 0.6) is 0 Å². The van der Waals surface area contributed by atoms with Gasteiger partial charge in [0.15, 0.2) is 0 Å². The Kier molecular flexibility index (Phi) is 9.11. The van der Waals surface area contributed by atoms with E-state index in [9.17, 15) is 0 Å². The maximum absolute atomic E-state index is 5.48. The van der Waals surface area contributed by atoms with Gasteiger partial charge in [0.05, 0.1) is 13.2 Å². The number of alkyl halides is 1. The molecule has 82 valence electrons.